The van der Waals surface area contributed by atoms with Gasteiger partial charge < -0.3 is 9.47 Å². The van der Waals surface area contributed by atoms with Crippen LogP contribution < -0.4 is 5.56 Å². The Morgan fingerprint density at radius 3 is 2.76 bits per heavy atom. The summed E-state index contributed by atoms with van der Waals surface area (Å²) in [5.41, 5.74) is 2.95. The summed E-state index contributed by atoms with van der Waals surface area (Å²) < 4.78 is 43.9. The number of aromatic nitrogens is 5. The predicted octanol–water partition coefficient (Wildman–Crippen LogP) is 4.79. The summed E-state index contributed by atoms with van der Waals surface area (Å²) in [5, 5.41) is 4.50. The quantitative estimate of drug-likeness (QED) is 0.397. The number of hydrogen-bond donors (Lipinski definition) is 0. The van der Waals surface area contributed by atoms with E-state index in [4.69, 9.17) is 19.4 Å². The third kappa shape index (κ3) is 3.86. The molecular weight excluding hydrogens is 480 g/mol. The van der Waals surface area contributed by atoms with Crippen molar-refractivity contribution in [3.8, 4) is 11.3 Å². The molecule has 3 aromatic heterocycles. The maximum Gasteiger partial charge on any atom is 0.263 e. The highest BCUT2D eigenvalue weighted by atomic mass is 19.1. The van der Waals surface area contributed by atoms with Crippen LogP contribution in [0.1, 0.15) is 79.3 Å². The van der Waals surface area contributed by atoms with Gasteiger partial charge in [-0.1, -0.05) is 0 Å². The van der Waals surface area contributed by atoms with Gasteiger partial charge in [-0.15, -0.1) is 0 Å². The molecular formula is C27H25F2N5O3. The Labute approximate surface area is 210 Å². The van der Waals surface area contributed by atoms with Gasteiger partial charge in [0.1, 0.15) is 17.3 Å². The van der Waals surface area contributed by atoms with E-state index in [1.807, 2.05) is 17.8 Å². The molecule has 5 heterocycles. The number of fused-ring (bicyclic) bond motifs is 2. The summed E-state index contributed by atoms with van der Waals surface area (Å²) in [4.78, 5) is 23.0. The lowest BCUT2D eigenvalue weighted by Crippen LogP contribution is -2.24. The first-order valence-electron chi connectivity index (χ1n) is 12.6. The summed E-state index contributed by atoms with van der Waals surface area (Å²) in [6, 6.07) is 3.83. The molecule has 10 heteroatoms. The molecule has 4 aromatic rings. The molecule has 37 heavy (non-hydrogen) atoms. The van der Waals surface area contributed by atoms with Crippen LogP contribution in [0.2, 0.25) is 0 Å². The van der Waals surface area contributed by atoms with Gasteiger partial charge in [-0.2, -0.15) is 5.10 Å². The van der Waals surface area contributed by atoms with E-state index in [1.54, 1.807) is 6.20 Å². The van der Waals surface area contributed by atoms with Crippen molar-refractivity contribution in [2.24, 2.45) is 0 Å². The average Bonchev–Trinajstić information content (AvgIpc) is 3.51. The van der Waals surface area contributed by atoms with Crippen LogP contribution in [0.15, 0.2) is 41.6 Å². The summed E-state index contributed by atoms with van der Waals surface area (Å²) >= 11 is 0. The first-order chi connectivity index (χ1) is 18.0. The van der Waals surface area contributed by atoms with Crippen LogP contribution in [0.4, 0.5) is 8.78 Å². The highest BCUT2D eigenvalue weighted by Gasteiger charge is 2.32. The van der Waals surface area contributed by atoms with E-state index in [2.05, 4.69) is 11.3 Å². The zero-order chi connectivity index (χ0) is 25.3. The van der Waals surface area contributed by atoms with E-state index in [1.165, 1.54) is 16.5 Å². The van der Waals surface area contributed by atoms with Gasteiger partial charge in [-0.3, -0.25) is 13.9 Å². The van der Waals surface area contributed by atoms with Gasteiger partial charge in [0.25, 0.3) is 5.56 Å². The summed E-state index contributed by atoms with van der Waals surface area (Å²) in [5.74, 6) is -1.48. The van der Waals surface area contributed by atoms with Crippen molar-refractivity contribution >= 4 is 5.65 Å². The summed E-state index contributed by atoms with van der Waals surface area (Å²) in [6.45, 7) is 2.52. The SMILES string of the molecule is CC1OCc2c1nc1c(-c3ccc(F)cc3F)nc([C@H]3CCO[C@@H](c4cnn(C5CC5)c4)C3)cn1c2=O. The molecule has 2 aliphatic heterocycles. The molecule has 8 nitrogen and oxygen atoms in total. The van der Waals surface area contributed by atoms with Gasteiger partial charge in [-0.05, 0) is 44.7 Å². The van der Waals surface area contributed by atoms with Crippen LogP contribution in [-0.4, -0.2) is 30.8 Å². The lowest BCUT2D eigenvalue weighted by Gasteiger charge is -2.29. The maximum atomic E-state index is 15.0. The zero-order valence-corrected chi connectivity index (χ0v) is 20.2. The van der Waals surface area contributed by atoms with Crippen LogP contribution in [0.5, 0.6) is 0 Å². The van der Waals surface area contributed by atoms with Crippen LogP contribution in [-0.2, 0) is 16.1 Å². The van der Waals surface area contributed by atoms with Gasteiger partial charge in [0.05, 0.1) is 48.0 Å². The minimum absolute atomic E-state index is 0.0370. The maximum absolute atomic E-state index is 15.0. The Balaban J connectivity index is 1.35. The molecule has 3 atom stereocenters. The van der Waals surface area contributed by atoms with Gasteiger partial charge >= 0.3 is 0 Å². The third-order valence-electron chi connectivity index (χ3n) is 7.62. The molecule has 0 spiro atoms. The minimum Gasteiger partial charge on any atom is -0.373 e. The van der Waals surface area contributed by atoms with Crippen molar-refractivity contribution < 1.29 is 18.3 Å². The fourth-order valence-corrected chi connectivity index (χ4v) is 5.39. The van der Waals surface area contributed by atoms with Gasteiger partial charge in [0, 0.05) is 42.1 Å². The molecule has 0 radical (unpaired) electrons. The largest absolute Gasteiger partial charge is 0.373 e. The highest BCUT2D eigenvalue weighted by molar-refractivity contribution is 5.74. The number of nitrogens with zero attached hydrogens (tertiary/aromatic N) is 5. The molecule has 0 N–H and O–H groups in total. The normalized spacial score (nSPS) is 23.5. The van der Waals surface area contributed by atoms with E-state index in [0.717, 1.165) is 24.5 Å². The van der Waals surface area contributed by atoms with E-state index >= 15 is 0 Å². The van der Waals surface area contributed by atoms with Crippen molar-refractivity contribution in [3.63, 3.8) is 0 Å². The fraction of sp³-hybridized carbons (Fsp3) is 0.407. The highest BCUT2D eigenvalue weighted by Crippen LogP contribution is 2.40. The number of benzene rings is 1. The Kier molecular flexibility index (Phi) is 5.23. The summed E-state index contributed by atoms with van der Waals surface area (Å²) in [7, 11) is 0. The van der Waals surface area contributed by atoms with Crippen molar-refractivity contribution in [2.75, 3.05) is 6.61 Å². The third-order valence-corrected chi connectivity index (χ3v) is 7.62. The van der Waals surface area contributed by atoms with E-state index < -0.39 is 11.6 Å². The molecule has 2 fully saturated rings. The number of halogens is 2. The molecule has 7 rings (SSSR count). The molecule has 1 saturated heterocycles. The van der Waals surface area contributed by atoms with Crippen molar-refractivity contribution in [1.82, 2.24) is 24.1 Å². The monoisotopic (exact) mass is 505 g/mol. The van der Waals surface area contributed by atoms with E-state index in [-0.39, 0.29) is 47.2 Å². The fourth-order valence-electron chi connectivity index (χ4n) is 5.39. The van der Waals surface area contributed by atoms with Crippen molar-refractivity contribution in [2.45, 2.75) is 63.4 Å². The lowest BCUT2D eigenvalue weighted by atomic mass is 9.90. The first kappa shape index (κ1) is 22.7. The van der Waals surface area contributed by atoms with Crippen LogP contribution in [0.3, 0.4) is 0 Å². The van der Waals surface area contributed by atoms with Crippen LogP contribution >= 0.6 is 0 Å². The molecule has 1 unspecified atom stereocenters. The Bertz CT molecular complexity index is 1600. The minimum atomic E-state index is -0.761. The average molecular weight is 506 g/mol. The molecule has 1 aliphatic carbocycles. The second-order valence-corrected chi connectivity index (χ2v) is 10.1. The van der Waals surface area contributed by atoms with Crippen molar-refractivity contribution in [3.05, 3.63) is 81.3 Å². The van der Waals surface area contributed by atoms with Gasteiger partial charge in [0.2, 0.25) is 0 Å². The first-order valence-corrected chi connectivity index (χ1v) is 12.6. The zero-order valence-electron chi connectivity index (χ0n) is 20.2. The van der Waals surface area contributed by atoms with E-state index in [0.29, 0.717) is 42.4 Å². The Morgan fingerprint density at radius 2 is 1.95 bits per heavy atom. The van der Waals surface area contributed by atoms with E-state index in [9.17, 15) is 13.6 Å². The molecule has 1 aromatic carbocycles. The topological polar surface area (TPSA) is 83.5 Å². The molecule has 3 aliphatic rings. The second-order valence-electron chi connectivity index (χ2n) is 10.1. The smallest absolute Gasteiger partial charge is 0.263 e. The number of rotatable bonds is 4. The summed E-state index contributed by atoms with van der Waals surface area (Å²) in [6.07, 6.45) is 8.75. The standard InChI is InChI=1S/C27H25F2N5O3/c1-14-24-20(13-37-14)27(35)33-12-22(31-25(26(33)32-24)19-5-2-17(28)9-21(19)29)15-6-7-36-23(8-15)16-10-30-34(11-16)18-3-4-18/h2,5,9-12,14-15,18,23H,3-4,6-8,13H2,1H3/t14?,15-,23+/m0/s1. The molecule has 0 amide bonds. The number of ether oxygens (including phenoxy) is 2. The van der Waals surface area contributed by atoms with Gasteiger partial charge in [-0.25, -0.2) is 18.7 Å². The number of hydrogen-bond acceptors (Lipinski definition) is 6. The molecule has 0 bridgehead atoms. The molecule has 1 saturated carbocycles. The predicted molar refractivity (Wildman–Crippen MR) is 129 cm³/mol. The molecule has 190 valence electrons. The Hall–Kier alpha value is -3.50. The van der Waals surface area contributed by atoms with Crippen molar-refractivity contribution in [1.29, 1.82) is 0 Å². The van der Waals surface area contributed by atoms with Gasteiger partial charge in [0.15, 0.2) is 5.65 Å². The lowest BCUT2D eigenvalue weighted by molar-refractivity contribution is 0.00454. The van der Waals surface area contributed by atoms with Crippen LogP contribution in [0.25, 0.3) is 16.9 Å². The Morgan fingerprint density at radius 1 is 1.08 bits per heavy atom. The second kappa shape index (κ2) is 8.53. The van der Waals surface area contributed by atoms with Crippen LogP contribution in [0, 0.1) is 11.6 Å².